The van der Waals surface area contributed by atoms with Crippen molar-refractivity contribution in [1.82, 2.24) is 0 Å². The molecule has 2 aromatic rings. The highest BCUT2D eigenvalue weighted by atomic mass is 35.5. The van der Waals surface area contributed by atoms with Gasteiger partial charge in [-0.15, -0.1) is 0 Å². The van der Waals surface area contributed by atoms with E-state index in [1.165, 1.54) is 24.3 Å². The molecule has 108 valence electrons. The van der Waals surface area contributed by atoms with Gasteiger partial charge >= 0.3 is 0 Å². The fraction of sp³-hybridized carbons (Fsp3) is 0.0714. The number of aryl methyl sites for hydroxylation is 1. The second kappa shape index (κ2) is 5.80. The van der Waals surface area contributed by atoms with Crippen molar-refractivity contribution in [2.45, 2.75) is 6.92 Å². The van der Waals surface area contributed by atoms with E-state index in [1.54, 1.807) is 19.1 Å². The van der Waals surface area contributed by atoms with Crippen molar-refractivity contribution in [3.63, 3.8) is 0 Å². The molecule has 7 heteroatoms. The summed E-state index contributed by atoms with van der Waals surface area (Å²) in [6, 6.07) is 8.91. The summed E-state index contributed by atoms with van der Waals surface area (Å²) in [5.74, 6) is -0.370. The quantitative estimate of drug-likeness (QED) is 0.516. The lowest BCUT2D eigenvalue weighted by Crippen LogP contribution is -2.12. The number of amides is 1. The number of benzene rings is 2. The van der Waals surface area contributed by atoms with E-state index in [-0.39, 0.29) is 11.6 Å². The van der Waals surface area contributed by atoms with Gasteiger partial charge in [0, 0.05) is 22.9 Å². The summed E-state index contributed by atoms with van der Waals surface area (Å²) in [6.07, 6.45) is 0. The van der Waals surface area contributed by atoms with Crippen LogP contribution in [0, 0.1) is 17.0 Å². The van der Waals surface area contributed by atoms with Gasteiger partial charge in [-0.1, -0.05) is 11.6 Å². The van der Waals surface area contributed by atoms with Crippen molar-refractivity contribution in [3.05, 3.63) is 62.7 Å². The van der Waals surface area contributed by atoms with Gasteiger partial charge in [-0.05, 0) is 37.3 Å². The van der Waals surface area contributed by atoms with Gasteiger partial charge in [0.15, 0.2) is 0 Å². The predicted octanol–water partition coefficient (Wildman–Crippen LogP) is 3.39. The average molecular weight is 306 g/mol. The largest absolute Gasteiger partial charge is 0.398 e. The molecule has 2 rings (SSSR count). The topological polar surface area (TPSA) is 98.3 Å². The summed E-state index contributed by atoms with van der Waals surface area (Å²) in [4.78, 5) is 22.3. The van der Waals surface area contributed by atoms with Crippen LogP contribution in [-0.4, -0.2) is 10.8 Å². The van der Waals surface area contributed by atoms with Crippen LogP contribution in [0.3, 0.4) is 0 Å². The maximum Gasteiger partial charge on any atom is 0.272 e. The first-order valence-electron chi connectivity index (χ1n) is 6.00. The van der Waals surface area contributed by atoms with Gasteiger partial charge in [-0.3, -0.25) is 14.9 Å². The minimum absolute atomic E-state index is 0.00327. The van der Waals surface area contributed by atoms with Crippen molar-refractivity contribution in [3.8, 4) is 0 Å². The van der Waals surface area contributed by atoms with Crippen molar-refractivity contribution < 1.29 is 9.72 Å². The summed E-state index contributed by atoms with van der Waals surface area (Å²) in [5.41, 5.74) is 7.26. The first kappa shape index (κ1) is 14.8. The van der Waals surface area contributed by atoms with Crippen molar-refractivity contribution >= 4 is 34.6 Å². The minimum Gasteiger partial charge on any atom is -0.398 e. The number of rotatable bonds is 3. The number of nitrogen functional groups attached to an aromatic ring is 1. The van der Waals surface area contributed by atoms with Crippen LogP contribution in [0.1, 0.15) is 15.9 Å². The van der Waals surface area contributed by atoms with Gasteiger partial charge in [0.2, 0.25) is 0 Å². The normalized spacial score (nSPS) is 10.2. The molecule has 3 N–H and O–H groups in total. The number of halogens is 1. The minimum atomic E-state index is -0.472. The number of carbonyl (C=O) groups is 1. The maximum atomic E-state index is 12.1. The highest BCUT2D eigenvalue weighted by Crippen LogP contribution is 2.23. The van der Waals surface area contributed by atoms with Crippen LogP contribution in [0.4, 0.5) is 17.1 Å². The van der Waals surface area contributed by atoms with Gasteiger partial charge in [-0.2, -0.15) is 0 Å². The van der Waals surface area contributed by atoms with Crippen LogP contribution in [0.2, 0.25) is 5.02 Å². The molecule has 0 saturated heterocycles. The molecule has 0 fully saturated rings. The Morgan fingerprint density at radius 1 is 1.29 bits per heavy atom. The zero-order valence-corrected chi connectivity index (χ0v) is 11.8. The highest BCUT2D eigenvalue weighted by molar-refractivity contribution is 6.33. The molecular weight excluding hydrogens is 294 g/mol. The van der Waals surface area contributed by atoms with Gasteiger partial charge in [-0.25, -0.2) is 0 Å². The number of nitrogens with two attached hydrogens (primary N) is 1. The van der Waals surface area contributed by atoms with E-state index in [1.807, 2.05) is 0 Å². The fourth-order valence-corrected chi connectivity index (χ4v) is 1.99. The van der Waals surface area contributed by atoms with E-state index < -0.39 is 4.92 Å². The monoisotopic (exact) mass is 305 g/mol. The van der Waals surface area contributed by atoms with Crippen LogP contribution in [0.25, 0.3) is 0 Å². The SMILES string of the molecule is Cc1cc(NC(=O)c2ccc(N)c(Cl)c2)ccc1[N+](=O)[O-]. The Kier molecular flexibility index (Phi) is 4.09. The number of nitrogens with zero attached hydrogens (tertiary/aromatic N) is 1. The Morgan fingerprint density at radius 2 is 2.00 bits per heavy atom. The standard InChI is InChI=1S/C14H12ClN3O3/c1-8-6-10(3-5-13(8)18(20)21)17-14(19)9-2-4-12(16)11(15)7-9/h2-7H,16H2,1H3,(H,17,19). The first-order valence-corrected chi connectivity index (χ1v) is 6.37. The molecule has 0 aliphatic heterocycles. The van der Waals surface area contributed by atoms with Gasteiger partial charge in [0.05, 0.1) is 15.6 Å². The maximum absolute atomic E-state index is 12.1. The van der Waals surface area contributed by atoms with Gasteiger partial charge in [0.25, 0.3) is 11.6 Å². The number of nitro benzene ring substituents is 1. The average Bonchev–Trinajstić information content (AvgIpc) is 2.41. The Morgan fingerprint density at radius 3 is 2.57 bits per heavy atom. The Bertz CT molecular complexity index is 731. The van der Waals surface area contributed by atoms with E-state index in [0.717, 1.165) is 0 Å². The molecule has 0 heterocycles. The number of anilines is 2. The number of nitro groups is 1. The molecule has 0 bridgehead atoms. The number of nitrogens with one attached hydrogen (secondary N) is 1. The molecule has 0 spiro atoms. The molecule has 0 atom stereocenters. The Balaban J connectivity index is 2.21. The zero-order valence-electron chi connectivity index (χ0n) is 11.1. The molecular formula is C14H12ClN3O3. The van der Waals surface area contributed by atoms with E-state index in [4.69, 9.17) is 17.3 Å². The molecule has 0 aliphatic carbocycles. The van der Waals surface area contributed by atoms with Crippen LogP contribution in [-0.2, 0) is 0 Å². The lowest BCUT2D eigenvalue weighted by Gasteiger charge is -2.07. The van der Waals surface area contributed by atoms with Crippen molar-refractivity contribution in [1.29, 1.82) is 0 Å². The zero-order chi connectivity index (χ0) is 15.6. The molecule has 1 amide bonds. The number of carbonyl (C=O) groups excluding carboxylic acids is 1. The molecule has 0 unspecified atom stereocenters. The second-order valence-electron chi connectivity index (χ2n) is 4.45. The summed E-state index contributed by atoms with van der Waals surface area (Å²) < 4.78 is 0. The third-order valence-corrected chi connectivity index (χ3v) is 3.24. The van der Waals surface area contributed by atoms with Crippen LogP contribution in [0.5, 0.6) is 0 Å². The summed E-state index contributed by atoms with van der Waals surface area (Å²) in [6.45, 7) is 1.61. The predicted molar refractivity (Wildman–Crippen MR) is 81.7 cm³/mol. The first-order chi connectivity index (χ1) is 9.88. The van der Waals surface area contributed by atoms with Crippen molar-refractivity contribution in [2.24, 2.45) is 0 Å². The lowest BCUT2D eigenvalue weighted by molar-refractivity contribution is -0.385. The van der Waals surface area contributed by atoms with E-state index in [2.05, 4.69) is 5.32 Å². The van der Waals surface area contributed by atoms with Crippen LogP contribution < -0.4 is 11.1 Å². The number of hydrogen-bond donors (Lipinski definition) is 2. The Hall–Kier alpha value is -2.60. The highest BCUT2D eigenvalue weighted by Gasteiger charge is 2.12. The van der Waals surface area contributed by atoms with Gasteiger partial charge < -0.3 is 11.1 Å². The molecule has 0 radical (unpaired) electrons. The van der Waals surface area contributed by atoms with E-state index in [0.29, 0.717) is 27.5 Å². The molecule has 6 nitrogen and oxygen atoms in total. The smallest absolute Gasteiger partial charge is 0.272 e. The number of hydrogen-bond acceptors (Lipinski definition) is 4. The lowest BCUT2D eigenvalue weighted by atomic mass is 10.1. The molecule has 0 aliphatic rings. The summed E-state index contributed by atoms with van der Waals surface area (Å²) in [7, 11) is 0. The second-order valence-corrected chi connectivity index (χ2v) is 4.86. The third kappa shape index (κ3) is 3.29. The molecule has 2 aromatic carbocycles. The Labute approximate surface area is 125 Å². The third-order valence-electron chi connectivity index (χ3n) is 2.91. The molecule has 0 aromatic heterocycles. The summed E-state index contributed by atoms with van der Waals surface area (Å²) in [5, 5.41) is 13.7. The summed E-state index contributed by atoms with van der Waals surface area (Å²) >= 11 is 5.86. The van der Waals surface area contributed by atoms with E-state index >= 15 is 0 Å². The van der Waals surface area contributed by atoms with Crippen LogP contribution in [0.15, 0.2) is 36.4 Å². The fourth-order valence-electron chi connectivity index (χ4n) is 1.81. The molecule has 21 heavy (non-hydrogen) atoms. The van der Waals surface area contributed by atoms with Gasteiger partial charge in [0.1, 0.15) is 0 Å². The van der Waals surface area contributed by atoms with E-state index in [9.17, 15) is 14.9 Å². The van der Waals surface area contributed by atoms with Crippen LogP contribution >= 0.6 is 11.6 Å². The van der Waals surface area contributed by atoms with Crippen molar-refractivity contribution in [2.75, 3.05) is 11.1 Å². The molecule has 0 saturated carbocycles.